The van der Waals surface area contributed by atoms with Crippen LogP contribution >= 0.6 is 0 Å². The number of phenols is 1. The first-order valence-corrected chi connectivity index (χ1v) is 12.4. The zero-order valence-electron chi connectivity index (χ0n) is 21.1. The Balaban J connectivity index is 1.68. The molecule has 10 heteroatoms. The lowest BCUT2D eigenvalue weighted by atomic mass is 9.99. The molecule has 0 spiro atoms. The Morgan fingerprint density at radius 3 is 2.76 bits per heavy atom. The Labute approximate surface area is 216 Å². The van der Waals surface area contributed by atoms with Gasteiger partial charge in [0.2, 0.25) is 0 Å². The van der Waals surface area contributed by atoms with Crippen LogP contribution < -0.4 is 10.1 Å². The summed E-state index contributed by atoms with van der Waals surface area (Å²) < 4.78 is 11.3. The molecule has 3 rings (SSSR count). The number of esters is 1. The van der Waals surface area contributed by atoms with Gasteiger partial charge >= 0.3 is 5.97 Å². The van der Waals surface area contributed by atoms with E-state index in [9.17, 15) is 24.9 Å². The number of hydrogen-bond donors (Lipinski definition) is 5. The molecule has 0 aliphatic carbocycles. The second kappa shape index (κ2) is 13.7. The van der Waals surface area contributed by atoms with Crippen molar-refractivity contribution in [1.29, 1.82) is 0 Å². The number of imidazole rings is 1. The number of H-pyrrole nitrogens is 1. The van der Waals surface area contributed by atoms with Crippen molar-refractivity contribution in [3.63, 3.8) is 0 Å². The van der Waals surface area contributed by atoms with Crippen LogP contribution in [0.2, 0.25) is 0 Å². The van der Waals surface area contributed by atoms with Crippen molar-refractivity contribution in [2.24, 2.45) is 5.92 Å². The molecule has 0 saturated heterocycles. The third-order valence-corrected chi connectivity index (χ3v) is 6.12. The minimum absolute atomic E-state index is 0.0306. The minimum Gasteiger partial charge on any atom is -0.507 e. The summed E-state index contributed by atoms with van der Waals surface area (Å²) in [4.78, 5) is 32.3. The number of ether oxygens (including phenoxy) is 2. The molecule has 5 N–H and O–H groups in total. The van der Waals surface area contributed by atoms with E-state index in [-0.39, 0.29) is 23.7 Å². The maximum Gasteiger partial charge on any atom is 0.342 e. The van der Waals surface area contributed by atoms with Crippen LogP contribution in [0.4, 0.5) is 0 Å². The number of aromatic nitrogens is 2. The van der Waals surface area contributed by atoms with Gasteiger partial charge in [0.15, 0.2) is 5.78 Å². The Kier molecular flexibility index (Phi) is 10.4. The average Bonchev–Trinajstić information content (AvgIpc) is 3.38. The average molecular weight is 514 g/mol. The van der Waals surface area contributed by atoms with E-state index in [1.54, 1.807) is 32.3 Å². The van der Waals surface area contributed by atoms with Crippen LogP contribution in [-0.2, 0) is 16.1 Å². The van der Waals surface area contributed by atoms with Crippen LogP contribution in [0.1, 0.15) is 54.9 Å². The van der Waals surface area contributed by atoms with E-state index in [1.807, 2.05) is 0 Å². The number of aromatic amines is 1. The highest BCUT2D eigenvalue weighted by molar-refractivity contribution is 5.97. The van der Waals surface area contributed by atoms with Gasteiger partial charge in [-0.25, -0.2) is 9.78 Å². The molecule has 1 aliphatic heterocycles. The molecule has 1 unspecified atom stereocenters. The Hall–Kier alpha value is -3.47. The lowest BCUT2D eigenvalue weighted by Crippen LogP contribution is -2.32. The van der Waals surface area contributed by atoms with E-state index in [0.29, 0.717) is 24.5 Å². The number of carbonyl (C=O) groups excluding carboxylic acids is 2. The van der Waals surface area contributed by atoms with Crippen molar-refractivity contribution in [1.82, 2.24) is 15.3 Å². The van der Waals surface area contributed by atoms with Gasteiger partial charge in [0.05, 0.1) is 19.3 Å². The number of phenolic OH excluding ortho intramolecular Hbond substituents is 1. The van der Waals surface area contributed by atoms with Gasteiger partial charge in [-0.3, -0.25) is 4.79 Å². The number of hydrogen-bond acceptors (Lipinski definition) is 9. The first kappa shape index (κ1) is 28.1. The zero-order valence-corrected chi connectivity index (χ0v) is 21.1. The van der Waals surface area contributed by atoms with Crippen molar-refractivity contribution in [3.05, 3.63) is 59.7 Å². The van der Waals surface area contributed by atoms with Crippen LogP contribution in [-0.4, -0.2) is 68.5 Å². The van der Waals surface area contributed by atoms with Crippen LogP contribution in [0.5, 0.6) is 11.5 Å². The fourth-order valence-electron chi connectivity index (χ4n) is 3.69. The number of fused-ring (bicyclic) bond motifs is 1. The highest BCUT2D eigenvalue weighted by atomic mass is 16.5. The summed E-state index contributed by atoms with van der Waals surface area (Å²) in [5.41, 5.74) is 0.303. The molecule has 37 heavy (non-hydrogen) atoms. The van der Waals surface area contributed by atoms with Gasteiger partial charge in [-0.15, -0.1) is 0 Å². The van der Waals surface area contributed by atoms with Crippen molar-refractivity contribution in [3.8, 4) is 11.5 Å². The largest absolute Gasteiger partial charge is 0.507 e. The van der Waals surface area contributed by atoms with Gasteiger partial charge in [0, 0.05) is 24.4 Å². The number of cyclic esters (lactones) is 1. The minimum atomic E-state index is -1.58. The molecule has 2 aromatic rings. The van der Waals surface area contributed by atoms with Crippen molar-refractivity contribution >= 4 is 17.8 Å². The van der Waals surface area contributed by atoms with Crippen LogP contribution in [0.3, 0.4) is 0 Å². The molecule has 1 aromatic heterocycles. The summed E-state index contributed by atoms with van der Waals surface area (Å²) in [5, 5.41) is 34.3. The molecule has 0 amide bonds. The van der Waals surface area contributed by atoms with E-state index in [4.69, 9.17) is 9.47 Å². The van der Waals surface area contributed by atoms with Crippen LogP contribution in [0.15, 0.2) is 42.8 Å². The van der Waals surface area contributed by atoms with Gasteiger partial charge in [0.1, 0.15) is 35.1 Å². The quantitative estimate of drug-likeness (QED) is 0.265. The summed E-state index contributed by atoms with van der Waals surface area (Å²) in [6, 6.07) is 2.98. The van der Waals surface area contributed by atoms with E-state index in [2.05, 4.69) is 15.3 Å². The van der Waals surface area contributed by atoms with E-state index >= 15 is 0 Å². The second-order valence-electron chi connectivity index (χ2n) is 9.06. The van der Waals surface area contributed by atoms with Gasteiger partial charge in [0.25, 0.3) is 0 Å². The third kappa shape index (κ3) is 8.28. The summed E-state index contributed by atoms with van der Waals surface area (Å²) >= 11 is 0. The molecule has 0 radical (unpaired) electrons. The highest BCUT2D eigenvalue weighted by Gasteiger charge is 2.25. The number of ketones is 1. The summed E-state index contributed by atoms with van der Waals surface area (Å²) in [6.45, 7) is 5.27. The summed E-state index contributed by atoms with van der Waals surface area (Å²) in [5.74, 6) is -0.746. The molecule has 0 saturated carbocycles. The molecule has 0 bridgehead atoms. The Morgan fingerprint density at radius 2 is 2.00 bits per heavy atom. The molecule has 200 valence electrons. The number of rotatable bonds is 8. The SMILES string of the molecule is C[C@@H]1/C=C\C(=O)C(O)[C@@H](O)C/C=C/c2cc(OCCCCNCc3ncc[nH]3)cc(O)c2C(=O)O[C@H]1C. The number of nitrogens with one attached hydrogen (secondary N) is 2. The molecule has 2 heterocycles. The topological polar surface area (TPSA) is 154 Å². The van der Waals surface area contributed by atoms with Gasteiger partial charge < -0.3 is 35.1 Å². The molecule has 1 aromatic carbocycles. The summed E-state index contributed by atoms with van der Waals surface area (Å²) in [7, 11) is 0. The predicted octanol–water partition coefficient (Wildman–Crippen LogP) is 2.51. The van der Waals surface area contributed by atoms with Crippen molar-refractivity contribution in [2.75, 3.05) is 13.2 Å². The standard InChI is InChI=1S/C27H35N3O7/c1-17-8-9-22(32)26(34)21(31)7-5-6-19-14-20(15-23(33)25(19)27(35)37-18(17)2)36-13-4-3-10-28-16-24-29-11-12-30-24/h5-6,8-9,11-12,14-15,17-18,21,26,28,31,33-34H,3-4,7,10,13,16H2,1-2H3,(H,29,30)/b6-5+,9-8-/t17-,18+,21+,26?/m1/s1. The summed E-state index contributed by atoms with van der Waals surface area (Å²) in [6.07, 6.45) is 7.29. The monoisotopic (exact) mass is 513 g/mol. The lowest BCUT2D eigenvalue weighted by Gasteiger charge is -2.20. The number of aromatic hydroxyl groups is 1. The normalized spacial score (nSPS) is 24.5. The fourth-order valence-corrected chi connectivity index (χ4v) is 3.69. The molecule has 10 nitrogen and oxygen atoms in total. The van der Waals surface area contributed by atoms with Crippen molar-refractivity contribution in [2.45, 2.75) is 58.0 Å². The number of nitrogens with zero attached hydrogens (tertiary/aromatic N) is 1. The number of unbranched alkanes of at least 4 members (excludes halogenated alkanes) is 1. The number of benzene rings is 1. The molecule has 1 aliphatic rings. The molecular weight excluding hydrogens is 478 g/mol. The lowest BCUT2D eigenvalue weighted by molar-refractivity contribution is -0.127. The van der Waals surface area contributed by atoms with Gasteiger partial charge in [-0.2, -0.15) is 0 Å². The van der Waals surface area contributed by atoms with E-state index < -0.39 is 30.1 Å². The van der Waals surface area contributed by atoms with Gasteiger partial charge in [-0.05, 0) is 50.4 Å². The third-order valence-electron chi connectivity index (χ3n) is 6.12. The predicted molar refractivity (Wildman–Crippen MR) is 137 cm³/mol. The Morgan fingerprint density at radius 1 is 1.19 bits per heavy atom. The second-order valence-corrected chi connectivity index (χ2v) is 9.06. The maximum atomic E-state index is 12.9. The number of carbonyl (C=O) groups is 2. The number of aliphatic hydroxyl groups excluding tert-OH is 2. The van der Waals surface area contributed by atoms with Gasteiger partial charge in [-0.1, -0.05) is 25.2 Å². The number of aliphatic hydroxyl groups is 2. The first-order valence-electron chi connectivity index (χ1n) is 12.4. The van der Waals surface area contributed by atoms with Crippen LogP contribution in [0, 0.1) is 5.92 Å². The molecular formula is C27H35N3O7. The zero-order chi connectivity index (χ0) is 26.8. The first-order chi connectivity index (χ1) is 17.8. The van der Waals surface area contributed by atoms with Crippen LogP contribution in [0.25, 0.3) is 6.08 Å². The molecule has 4 atom stereocenters. The maximum absolute atomic E-state index is 12.9. The van der Waals surface area contributed by atoms with E-state index in [1.165, 1.54) is 30.4 Å². The highest BCUT2D eigenvalue weighted by Crippen LogP contribution is 2.31. The van der Waals surface area contributed by atoms with Crippen molar-refractivity contribution < 1.29 is 34.4 Å². The molecule has 0 fully saturated rings. The fraction of sp³-hybridized carbons (Fsp3) is 0.444. The Bertz CT molecular complexity index is 1100. The smallest absolute Gasteiger partial charge is 0.342 e. The van der Waals surface area contributed by atoms with E-state index in [0.717, 1.165) is 25.2 Å².